The van der Waals surface area contributed by atoms with Crippen molar-refractivity contribution >= 4 is 48.8 Å². The van der Waals surface area contributed by atoms with Crippen LogP contribution in [0.15, 0.2) is 11.1 Å². The third-order valence-electron chi connectivity index (χ3n) is 4.72. The first kappa shape index (κ1) is 27.9. The highest BCUT2D eigenvalue weighted by Gasteiger charge is 2.35. The Morgan fingerprint density at radius 1 is 1.16 bits per heavy atom. The maximum Gasteiger partial charge on any atom is 0.283 e. The Kier molecular flexibility index (Phi) is 11.2. The van der Waals surface area contributed by atoms with E-state index in [-0.39, 0.29) is 30.4 Å². The molecule has 0 radical (unpaired) electrons. The normalized spacial score (nSPS) is 23.6. The van der Waals surface area contributed by atoms with Crippen molar-refractivity contribution in [2.75, 3.05) is 56.9 Å². The Morgan fingerprint density at radius 3 is 2.53 bits per heavy atom. The van der Waals surface area contributed by atoms with E-state index < -0.39 is 20.2 Å². The van der Waals surface area contributed by atoms with Crippen LogP contribution in [0.1, 0.15) is 19.8 Å². The molecule has 0 bridgehead atoms. The van der Waals surface area contributed by atoms with Crippen LogP contribution in [0, 0.1) is 0 Å². The SMILES string of the molecule is CCNOS(=O)(=O)CCCN1C(=CC2=[N+](CCCS(=O)(=O)O)C(OC)CS2)SCC1OC. The van der Waals surface area contributed by atoms with Crippen LogP contribution in [0.3, 0.4) is 0 Å². The van der Waals surface area contributed by atoms with Crippen molar-refractivity contribution in [3.8, 4) is 0 Å². The van der Waals surface area contributed by atoms with Crippen molar-refractivity contribution in [1.29, 1.82) is 0 Å². The fourth-order valence-electron chi connectivity index (χ4n) is 3.22. The summed E-state index contributed by atoms with van der Waals surface area (Å²) in [6.07, 6.45) is 2.27. The van der Waals surface area contributed by atoms with E-state index in [9.17, 15) is 16.8 Å². The monoisotopic (exact) mass is 534 g/mol. The average Bonchev–Trinajstić information content (AvgIpc) is 3.29. The number of nitrogens with one attached hydrogen (secondary N) is 1. The van der Waals surface area contributed by atoms with E-state index in [1.54, 1.807) is 44.7 Å². The molecule has 0 spiro atoms. The van der Waals surface area contributed by atoms with Gasteiger partial charge in [-0.05, 0) is 18.2 Å². The summed E-state index contributed by atoms with van der Waals surface area (Å²) in [5, 5.41) is 1.88. The molecule has 186 valence electrons. The fourth-order valence-corrected chi connectivity index (χ4v) is 7.05. The molecule has 15 heteroatoms. The van der Waals surface area contributed by atoms with Crippen molar-refractivity contribution < 1.29 is 39.7 Å². The van der Waals surface area contributed by atoms with E-state index in [1.165, 1.54) is 0 Å². The molecule has 0 amide bonds. The number of thioether (sulfide) groups is 2. The summed E-state index contributed by atoms with van der Waals surface area (Å²) < 4.78 is 72.7. The zero-order chi connectivity index (χ0) is 23.8. The van der Waals surface area contributed by atoms with Gasteiger partial charge in [-0.3, -0.25) is 4.55 Å². The topological polar surface area (TPSA) is 134 Å². The van der Waals surface area contributed by atoms with Crippen LogP contribution < -0.4 is 5.48 Å². The number of ether oxygens (including phenoxy) is 2. The van der Waals surface area contributed by atoms with Gasteiger partial charge in [-0.15, -0.1) is 11.8 Å². The van der Waals surface area contributed by atoms with Crippen LogP contribution in [0.4, 0.5) is 0 Å². The first-order valence-electron chi connectivity index (χ1n) is 10.1. The van der Waals surface area contributed by atoms with Gasteiger partial charge in [0.25, 0.3) is 26.5 Å². The molecule has 2 N–H and O–H groups in total. The summed E-state index contributed by atoms with van der Waals surface area (Å²) in [4.78, 5) is 2.03. The molecule has 0 aliphatic carbocycles. The largest absolute Gasteiger partial charge is 0.361 e. The van der Waals surface area contributed by atoms with E-state index in [2.05, 4.69) is 5.48 Å². The van der Waals surface area contributed by atoms with Gasteiger partial charge in [-0.2, -0.15) is 31.2 Å². The Bertz CT molecular complexity index is 891. The first-order chi connectivity index (χ1) is 15.1. The summed E-state index contributed by atoms with van der Waals surface area (Å²) in [5.74, 6) is 0.964. The molecule has 2 aliphatic rings. The van der Waals surface area contributed by atoms with E-state index in [0.29, 0.717) is 37.6 Å². The van der Waals surface area contributed by atoms with Crippen molar-refractivity contribution in [3.05, 3.63) is 11.1 Å². The van der Waals surface area contributed by atoms with E-state index in [0.717, 1.165) is 10.1 Å². The number of nitrogens with zero attached hydrogens (tertiary/aromatic N) is 2. The molecule has 2 rings (SSSR count). The number of hydrogen-bond donors (Lipinski definition) is 2. The molecular formula is C17H32N3O8S4+. The number of rotatable bonds is 14. The summed E-state index contributed by atoms with van der Waals surface area (Å²) in [6, 6.07) is 0. The molecule has 1 fully saturated rings. The molecule has 2 unspecified atom stereocenters. The number of hydrogen-bond acceptors (Lipinski definition) is 11. The quantitative estimate of drug-likeness (QED) is 0.183. The molecule has 32 heavy (non-hydrogen) atoms. The van der Waals surface area contributed by atoms with E-state index in [1.807, 2.05) is 15.6 Å². The Hall–Kier alpha value is -0.390. The minimum Gasteiger partial charge on any atom is -0.361 e. The summed E-state index contributed by atoms with van der Waals surface area (Å²) in [5.41, 5.74) is 2.37. The molecule has 0 aromatic rings. The van der Waals surface area contributed by atoms with E-state index in [4.69, 9.17) is 18.3 Å². The predicted molar refractivity (Wildman–Crippen MR) is 126 cm³/mol. The van der Waals surface area contributed by atoms with Gasteiger partial charge < -0.3 is 14.4 Å². The lowest BCUT2D eigenvalue weighted by Gasteiger charge is -2.25. The summed E-state index contributed by atoms with van der Waals surface area (Å²) in [6.45, 7) is 3.03. The molecule has 0 saturated carbocycles. The van der Waals surface area contributed by atoms with Crippen LogP contribution >= 0.6 is 23.5 Å². The number of hydroxylamine groups is 1. The van der Waals surface area contributed by atoms with Gasteiger partial charge >= 0.3 is 0 Å². The van der Waals surface area contributed by atoms with Gasteiger partial charge in [0.05, 0.1) is 22.3 Å². The van der Waals surface area contributed by atoms with Crippen LogP contribution in [-0.4, -0.2) is 105 Å². The maximum absolute atomic E-state index is 11.9. The summed E-state index contributed by atoms with van der Waals surface area (Å²) >= 11 is 3.21. The van der Waals surface area contributed by atoms with Gasteiger partial charge in [0.2, 0.25) is 5.04 Å². The van der Waals surface area contributed by atoms with Crippen LogP contribution in [0.5, 0.6) is 0 Å². The highest BCUT2D eigenvalue weighted by Crippen LogP contribution is 2.34. The zero-order valence-corrected chi connectivity index (χ0v) is 21.7. The minimum atomic E-state index is -4.02. The molecule has 0 aromatic carbocycles. The Balaban J connectivity index is 2.12. The second kappa shape index (κ2) is 12.9. The average molecular weight is 535 g/mol. The minimum absolute atomic E-state index is 0.121. The van der Waals surface area contributed by atoms with Gasteiger partial charge in [0.1, 0.15) is 12.8 Å². The summed E-state index contributed by atoms with van der Waals surface area (Å²) in [7, 11) is -4.45. The first-order valence-corrected chi connectivity index (χ1v) is 15.3. The third-order valence-corrected chi connectivity index (χ3v) is 8.89. The van der Waals surface area contributed by atoms with Gasteiger partial charge in [-0.1, -0.05) is 6.92 Å². The lowest BCUT2D eigenvalue weighted by molar-refractivity contribution is -0.599. The molecule has 11 nitrogen and oxygen atoms in total. The molecule has 2 heterocycles. The highest BCUT2D eigenvalue weighted by atomic mass is 32.2. The molecule has 1 saturated heterocycles. The van der Waals surface area contributed by atoms with Crippen LogP contribution in [0.25, 0.3) is 0 Å². The van der Waals surface area contributed by atoms with Crippen LogP contribution in [-0.2, 0) is 34.0 Å². The lowest BCUT2D eigenvalue weighted by atomic mass is 10.4. The Labute approximate surface area is 198 Å². The maximum atomic E-state index is 11.9. The molecule has 2 atom stereocenters. The van der Waals surface area contributed by atoms with Crippen molar-refractivity contribution in [3.63, 3.8) is 0 Å². The molecular weight excluding hydrogens is 502 g/mol. The van der Waals surface area contributed by atoms with Gasteiger partial charge in [-0.25, -0.2) is 0 Å². The highest BCUT2D eigenvalue weighted by molar-refractivity contribution is 8.14. The Morgan fingerprint density at radius 2 is 1.91 bits per heavy atom. The third kappa shape index (κ3) is 8.76. The molecule has 2 aliphatic heterocycles. The second-order valence-electron chi connectivity index (χ2n) is 7.05. The fraction of sp³-hybridized carbons (Fsp3) is 0.824. The van der Waals surface area contributed by atoms with Crippen molar-refractivity contribution in [1.82, 2.24) is 10.4 Å². The lowest BCUT2D eigenvalue weighted by Crippen LogP contribution is -2.34. The van der Waals surface area contributed by atoms with Gasteiger partial charge in [0.15, 0.2) is 0 Å². The molecule has 0 aromatic heterocycles. The van der Waals surface area contributed by atoms with Crippen LogP contribution in [0.2, 0.25) is 0 Å². The van der Waals surface area contributed by atoms with Crippen molar-refractivity contribution in [2.45, 2.75) is 32.2 Å². The zero-order valence-electron chi connectivity index (χ0n) is 18.4. The standard InChI is InChI=1S/C17H31N3O8S4/c1-4-18-28-32(24,25)10-6-8-20-15(27-3)13-30-17(20)11-16-19(14(26-2)12-29-16)7-5-9-31(21,22)23/h11,14-15,18H,4-10,12-13H2,1-3H3/p+1. The second-order valence-corrected chi connectivity index (χ2v) is 12.4. The predicted octanol–water partition coefficient (Wildman–Crippen LogP) is 0.518. The van der Waals surface area contributed by atoms with Crippen molar-refractivity contribution in [2.24, 2.45) is 0 Å². The smallest absolute Gasteiger partial charge is 0.283 e. The van der Waals surface area contributed by atoms with Gasteiger partial charge in [0, 0.05) is 45.6 Å². The number of methoxy groups -OCH3 is 2. The van der Waals surface area contributed by atoms with E-state index >= 15 is 0 Å².